The minimum Gasteiger partial charge on any atom is -0.339 e. The number of nitrogens with zero attached hydrogens (tertiary/aromatic N) is 1. The van der Waals surface area contributed by atoms with Crippen molar-refractivity contribution in [3.8, 4) is 0 Å². The Hall–Kier alpha value is -1.93. The van der Waals surface area contributed by atoms with Crippen LogP contribution in [0.3, 0.4) is 0 Å². The lowest BCUT2D eigenvalue weighted by Gasteiger charge is -2.28. The van der Waals surface area contributed by atoms with E-state index in [-0.39, 0.29) is 0 Å². The minimum absolute atomic E-state index is 0.328. The smallest absolute Gasteiger partial charge is 0.0852 e. The van der Waals surface area contributed by atoms with Gasteiger partial charge in [-0.2, -0.15) is 0 Å². The van der Waals surface area contributed by atoms with Gasteiger partial charge in [-0.1, -0.05) is 61.1 Å². The van der Waals surface area contributed by atoms with E-state index in [1.165, 1.54) is 33.5 Å². The highest BCUT2D eigenvalue weighted by atomic mass is 32.1. The summed E-state index contributed by atoms with van der Waals surface area (Å²) in [5, 5.41) is 0. The molecule has 2 aromatic carbocycles. The molecule has 0 aliphatic heterocycles. The van der Waals surface area contributed by atoms with Crippen molar-refractivity contribution >= 4 is 22.9 Å². The Morgan fingerprint density at radius 1 is 1.00 bits per heavy atom. The molecule has 0 unspecified atom stereocenters. The van der Waals surface area contributed by atoms with Gasteiger partial charge < -0.3 is 4.90 Å². The first kappa shape index (κ1) is 18.8. The third kappa shape index (κ3) is 4.42. The van der Waals surface area contributed by atoms with E-state index in [1.807, 2.05) is 0 Å². The Morgan fingerprint density at radius 3 is 2.15 bits per heavy atom. The van der Waals surface area contributed by atoms with Crippen molar-refractivity contribution in [1.82, 2.24) is 0 Å². The van der Waals surface area contributed by atoms with E-state index in [0.29, 0.717) is 5.92 Å². The first-order valence-corrected chi connectivity index (χ1v) is 9.96. The molecule has 1 atom stereocenters. The van der Waals surface area contributed by atoms with Gasteiger partial charge in [0.15, 0.2) is 0 Å². The molecule has 136 valence electrons. The van der Waals surface area contributed by atoms with Gasteiger partial charge in [0.2, 0.25) is 0 Å². The van der Waals surface area contributed by atoms with Crippen LogP contribution in [0.15, 0.2) is 54.6 Å². The quantitative estimate of drug-likeness (QED) is 0.489. The van der Waals surface area contributed by atoms with E-state index >= 15 is 0 Å². The first-order valence-electron chi connectivity index (χ1n) is 9.55. The summed E-state index contributed by atoms with van der Waals surface area (Å²) in [4.78, 5) is 3.23. The van der Waals surface area contributed by atoms with E-state index in [2.05, 4.69) is 74.8 Å². The van der Waals surface area contributed by atoms with Crippen molar-refractivity contribution in [3.63, 3.8) is 0 Å². The highest BCUT2D eigenvalue weighted by molar-refractivity contribution is 7.80. The molecule has 2 heteroatoms. The summed E-state index contributed by atoms with van der Waals surface area (Å²) >= 11 is 5.82. The van der Waals surface area contributed by atoms with Crippen molar-refractivity contribution in [2.75, 3.05) is 11.9 Å². The van der Waals surface area contributed by atoms with E-state index in [0.717, 1.165) is 37.1 Å². The summed E-state index contributed by atoms with van der Waals surface area (Å²) in [6, 6.07) is 16.1. The zero-order chi connectivity index (χ0) is 18.7. The fourth-order valence-corrected chi connectivity index (χ4v) is 3.97. The Bertz CT molecular complexity index is 803. The van der Waals surface area contributed by atoms with Crippen LogP contribution in [0.4, 0.5) is 5.69 Å². The molecule has 6 rings (SSSR count). The number of allylic oxidation sites excluding steroid dienone is 1. The zero-order valence-corrected chi connectivity index (χ0v) is 17.0. The maximum Gasteiger partial charge on any atom is 0.0852 e. The Kier molecular flexibility index (Phi) is 5.93. The molecule has 0 amide bonds. The van der Waals surface area contributed by atoms with Crippen LogP contribution in [0.1, 0.15) is 42.5 Å². The van der Waals surface area contributed by atoms with Crippen LogP contribution in [-0.2, 0) is 25.7 Å². The molecule has 26 heavy (non-hydrogen) atoms. The Morgan fingerprint density at radius 2 is 1.54 bits per heavy atom. The molecule has 0 radical (unpaired) electrons. The van der Waals surface area contributed by atoms with Crippen LogP contribution in [0.2, 0.25) is 0 Å². The van der Waals surface area contributed by atoms with Gasteiger partial charge in [0.1, 0.15) is 0 Å². The molecule has 2 aromatic rings. The summed E-state index contributed by atoms with van der Waals surface area (Å²) in [6.45, 7) is 8.33. The highest BCUT2D eigenvalue weighted by Crippen LogP contribution is 2.27. The number of hydrogen-bond acceptors (Lipinski definition) is 1. The van der Waals surface area contributed by atoms with Gasteiger partial charge in [0.25, 0.3) is 0 Å². The number of rotatable bonds is 4. The summed E-state index contributed by atoms with van der Waals surface area (Å²) in [6.07, 6.45) is 5.20. The number of anilines is 1. The Balaban J connectivity index is 1.90. The lowest BCUT2D eigenvalue weighted by atomic mass is 9.94. The maximum atomic E-state index is 5.82. The van der Waals surface area contributed by atoms with Gasteiger partial charge in [0.05, 0.1) is 4.99 Å². The SMILES string of the molecule is C=C(C)C[C@@H](C)C(=S)N(C)c1cc2ccc1CCc1ccc(cc1)CC2. The third-order valence-electron chi connectivity index (χ3n) is 5.33. The summed E-state index contributed by atoms with van der Waals surface area (Å²) in [5.74, 6) is 0.328. The predicted molar refractivity (Wildman–Crippen MR) is 117 cm³/mol. The average Bonchev–Trinajstić information content (AvgIpc) is 2.62. The fourth-order valence-electron chi connectivity index (χ4n) is 3.79. The van der Waals surface area contributed by atoms with E-state index in [1.54, 1.807) is 0 Å². The topological polar surface area (TPSA) is 3.24 Å². The highest BCUT2D eigenvalue weighted by Gasteiger charge is 2.18. The molecular formula is C24H29NS. The fraction of sp³-hybridized carbons (Fsp3) is 0.375. The van der Waals surface area contributed by atoms with Crippen LogP contribution in [0.25, 0.3) is 0 Å². The van der Waals surface area contributed by atoms with Crippen molar-refractivity contribution < 1.29 is 0 Å². The van der Waals surface area contributed by atoms with E-state index in [4.69, 9.17) is 12.2 Å². The predicted octanol–water partition coefficient (Wildman–Crippen LogP) is 5.94. The second-order valence-corrected chi connectivity index (χ2v) is 8.16. The van der Waals surface area contributed by atoms with Gasteiger partial charge in [-0.05, 0) is 67.3 Å². The largest absolute Gasteiger partial charge is 0.339 e. The van der Waals surface area contributed by atoms with E-state index in [9.17, 15) is 0 Å². The van der Waals surface area contributed by atoms with Crippen molar-refractivity contribution in [2.45, 2.75) is 46.0 Å². The molecule has 4 bridgehead atoms. The molecule has 4 aliphatic rings. The van der Waals surface area contributed by atoms with Gasteiger partial charge in [-0.25, -0.2) is 0 Å². The maximum absolute atomic E-state index is 5.82. The average molecular weight is 364 g/mol. The van der Waals surface area contributed by atoms with Crippen LogP contribution in [0, 0.1) is 5.92 Å². The standard InChI is InChI=1S/C24H29NS/c1-17(2)15-18(3)24(26)25(4)23-16-21-10-9-19-5-7-20(8-6-19)11-13-22(23)14-12-21/h5-8,12,14,16,18H,1,9-11,13,15H2,2-4H3/t18-/m1/s1. The van der Waals surface area contributed by atoms with E-state index < -0.39 is 0 Å². The molecule has 4 aliphatic carbocycles. The van der Waals surface area contributed by atoms with Crippen LogP contribution in [0.5, 0.6) is 0 Å². The van der Waals surface area contributed by atoms with Gasteiger partial charge in [-0.15, -0.1) is 6.58 Å². The van der Waals surface area contributed by atoms with Gasteiger partial charge >= 0.3 is 0 Å². The molecular weight excluding hydrogens is 334 g/mol. The molecule has 0 saturated carbocycles. The Labute approximate surface area is 163 Å². The second-order valence-electron chi connectivity index (χ2n) is 7.74. The number of hydrogen-bond donors (Lipinski definition) is 0. The lowest BCUT2D eigenvalue weighted by Crippen LogP contribution is -2.31. The summed E-state index contributed by atoms with van der Waals surface area (Å²) in [5.41, 5.74) is 8.05. The molecule has 0 N–H and O–H groups in total. The lowest BCUT2D eigenvalue weighted by molar-refractivity contribution is 0.758. The number of benzene rings is 2. The van der Waals surface area contributed by atoms with Crippen molar-refractivity contribution in [2.24, 2.45) is 5.92 Å². The molecule has 0 spiro atoms. The van der Waals surface area contributed by atoms with Gasteiger partial charge in [0, 0.05) is 18.7 Å². The molecule has 0 aromatic heterocycles. The summed E-state index contributed by atoms with van der Waals surface area (Å²) in [7, 11) is 2.12. The normalized spacial score (nSPS) is 14.4. The van der Waals surface area contributed by atoms with Crippen LogP contribution in [-0.4, -0.2) is 12.0 Å². The third-order valence-corrected chi connectivity index (χ3v) is 6.00. The summed E-state index contributed by atoms with van der Waals surface area (Å²) < 4.78 is 0. The molecule has 0 heterocycles. The number of aryl methyl sites for hydroxylation is 4. The molecule has 1 nitrogen and oxygen atoms in total. The van der Waals surface area contributed by atoms with Crippen molar-refractivity contribution in [3.05, 3.63) is 76.9 Å². The molecule has 0 fully saturated rings. The molecule has 0 saturated heterocycles. The van der Waals surface area contributed by atoms with Crippen molar-refractivity contribution in [1.29, 1.82) is 0 Å². The first-order chi connectivity index (χ1) is 12.4. The van der Waals surface area contributed by atoms with Gasteiger partial charge in [-0.3, -0.25) is 0 Å². The second kappa shape index (κ2) is 8.18. The zero-order valence-electron chi connectivity index (χ0n) is 16.2. The minimum atomic E-state index is 0.328. The number of thiocarbonyl (C=S) groups is 1. The monoisotopic (exact) mass is 363 g/mol. The van der Waals surface area contributed by atoms with Crippen LogP contribution >= 0.6 is 12.2 Å². The van der Waals surface area contributed by atoms with Crippen LogP contribution < -0.4 is 4.90 Å².